The second kappa shape index (κ2) is 6.75. The highest BCUT2D eigenvalue weighted by atomic mass is 32.2. The van der Waals surface area contributed by atoms with Gasteiger partial charge < -0.3 is 9.47 Å². The van der Waals surface area contributed by atoms with Crippen molar-refractivity contribution in [3.63, 3.8) is 0 Å². The van der Waals surface area contributed by atoms with Crippen molar-refractivity contribution < 1.29 is 22.8 Å². The van der Waals surface area contributed by atoms with Crippen LogP contribution in [0.15, 0.2) is 41.3 Å². The van der Waals surface area contributed by atoms with Gasteiger partial charge >= 0.3 is 0 Å². The van der Waals surface area contributed by atoms with E-state index in [1.54, 1.807) is 6.07 Å². The van der Waals surface area contributed by atoms with E-state index in [-0.39, 0.29) is 16.1 Å². The first-order chi connectivity index (χ1) is 11.3. The average molecular weight is 352 g/mol. The molecule has 2 rings (SSSR count). The zero-order valence-electron chi connectivity index (χ0n) is 13.3. The Bertz CT molecular complexity index is 857. The third-order valence-electron chi connectivity index (χ3n) is 3.26. The number of benzene rings is 2. The Morgan fingerprint density at radius 3 is 2.17 bits per heavy atom. The molecule has 0 bridgehead atoms. The van der Waals surface area contributed by atoms with Gasteiger partial charge in [0, 0.05) is 24.3 Å². The molecule has 0 amide bonds. The molecule has 0 radical (unpaired) electrons. The first kappa shape index (κ1) is 17.5. The number of nitrogens with one attached hydrogen (secondary N) is 1. The van der Waals surface area contributed by atoms with Gasteiger partial charge in [-0.05, 0) is 12.5 Å². The third-order valence-corrected chi connectivity index (χ3v) is 4.83. The second-order valence-corrected chi connectivity index (χ2v) is 6.51. The molecule has 0 fully saturated rings. The van der Waals surface area contributed by atoms with Crippen molar-refractivity contribution in [2.45, 2.75) is 11.8 Å². The summed E-state index contributed by atoms with van der Waals surface area (Å²) in [6.07, 6.45) is 0. The number of sulfonamides is 1. The zero-order chi connectivity index (χ0) is 17.9. The molecule has 0 aliphatic carbocycles. The monoisotopic (exact) mass is 352 g/mol. The van der Waals surface area contributed by atoms with E-state index in [1.165, 1.54) is 45.4 Å². The van der Waals surface area contributed by atoms with Gasteiger partial charge in [0.1, 0.15) is 11.5 Å². The Morgan fingerprint density at radius 2 is 1.67 bits per heavy atom. The van der Waals surface area contributed by atoms with Crippen LogP contribution >= 0.6 is 0 Å². The van der Waals surface area contributed by atoms with Crippen molar-refractivity contribution in [2.24, 2.45) is 0 Å². The predicted octanol–water partition coefficient (Wildman–Crippen LogP) is 2.72. The molecule has 0 saturated heterocycles. The van der Waals surface area contributed by atoms with Gasteiger partial charge in [-0.3, -0.25) is 14.8 Å². The van der Waals surface area contributed by atoms with E-state index in [2.05, 4.69) is 4.72 Å². The summed E-state index contributed by atoms with van der Waals surface area (Å²) in [5.41, 5.74) is -0.0485. The smallest absolute Gasteiger partial charge is 0.290 e. The first-order valence-electron chi connectivity index (χ1n) is 6.78. The maximum Gasteiger partial charge on any atom is 0.290 e. The molecule has 0 atom stereocenters. The highest BCUT2D eigenvalue weighted by Crippen LogP contribution is 2.31. The van der Waals surface area contributed by atoms with Crippen molar-refractivity contribution in [2.75, 3.05) is 18.9 Å². The molecule has 0 saturated carbocycles. The number of anilines is 1. The molecule has 0 aliphatic heterocycles. The van der Waals surface area contributed by atoms with E-state index in [4.69, 9.17) is 9.47 Å². The third kappa shape index (κ3) is 3.57. The first-order valence-corrected chi connectivity index (χ1v) is 8.26. The van der Waals surface area contributed by atoms with E-state index in [1.807, 2.05) is 0 Å². The van der Waals surface area contributed by atoms with E-state index < -0.39 is 20.6 Å². The van der Waals surface area contributed by atoms with Crippen molar-refractivity contribution in [1.29, 1.82) is 0 Å². The summed E-state index contributed by atoms with van der Waals surface area (Å²) >= 11 is 0. The number of ether oxygens (including phenoxy) is 2. The number of rotatable bonds is 6. The fourth-order valence-corrected chi connectivity index (χ4v) is 3.64. The minimum absolute atomic E-state index is 0.170. The van der Waals surface area contributed by atoms with Crippen LogP contribution in [0.4, 0.5) is 11.4 Å². The SMILES string of the molecule is COc1cc(NS(=O)(=O)c2c(C)cccc2[N+](=O)[O-])cc(OC)c1. The van der Waals surface area contributed by atoms with Gasteiger partial charge in [0.2, 0.25) is 0 Å². The van der Waals surface area contributed by atoms with Gasteiger partial charge in [-0.15, -0.1) is 0 Å². The topological polar surface area (TPSA) is 108 Å². The summed E-state index contributed by atoms with van der Waals surface area (Å²) in [7, 11) is -1.31. The Labute approximate surface area is 139 Å². The number of aryl methyl sites for hydroxylation is 1. The molecule has 9 heteroatoms. The predicted molar refractivity (Wildman–Crippen MR) is 88.2 cm³/mol. The molecule has 8 nitrogen and oxygen atoms in total. The van der Waals surface area contributed by atoms with Gasteiger partial charge in [-0.25, -0.2) is 8.42 Å². The maximum absolute atomic E-state index is 12.6. The quantitative estimate of drug-likeness (QED) is 0.632. The molecule has 0 spiro atoms. The standard InChI is InChI=1S/C15H16N2O6S/c1-10-5-4-6-14(17(18)19)15(10)24(20,21)16-11-7-12(22-2)9-13(8-11)23-3/h4-9,16H,1-3H3. The highest BCUT2D eigenvalue weighted by Gasteiger charge is 2.28. The van der Waals surface area contributed by atoms with Crippen LogP contribution in [0.5, 0.6) is 11.5 Å². The minimum Gasteiger partial charge on any atom is -0.497 e. The summed E-state index contributed by atoms with van der Waals surface area (Å²) in [5, 5.41) is 11.1. The molecule has 24 heavy (non-hydrogen) atoms. The Balaban J connectivity index is 2.52. The average Bonchev–Trinajstić information content (AvgIpc) is 2.53. The molecule has 0 aromatic heterocycles. The highest BCUT2D eigenvalue weighted by molar-refractivity contribution is 7.93. The molecule has 0 aliphatic rings. The summed E-state index contributed by atoms with van der Waals surface area (Å²) in [6, 6.07) is 8.55. The molecule has 2 aromatic rings. The van der Waals surface area contributed by atoms with Crippen LogP contribution in [0.25, 0.3) is 0 Å². The molecular formula is C15H16N2O6S. The van der Waals surface area contributed by atoms with Gasteiger partial charge in [-0.1, -0.05) is 12.1 Å². The summed E-state index contributed by atoms with van der Waals surface area (Å²) in [5.74, 6) is 0.762. The molecule has 2 aromatic carbocycles. The normalized spacial score (nSPS) is 11.0. The molecule has 0 heterocycles. The van der Waals surface area contributed by atoms with Crippen LogP contribution in [0.1, 0.15) is 5.56 Å². The fourth-order valence-electron chi connectivity index (χ4n) is 2.20. The Morgan fingerprint density at radius 1 is 1.08 bits per heavy atom. The second-order valence-electron chi connectivity index (χ2n) is 4.89. The van der Waals surface area contributed by atoms with Crippen LogP contribution in [0, 0.1) is 17.0 Å². The number of nitro benzene ring substituents is 1. The number of hydrogen-bond donors (Lipinski definition) is 1. The lowest BCUT2D eigenvalue weighted by Crippen LogP contribution is -2.16. The van der Waals surface area contributed by atoms with Gasteiger partial charge in [0.05, 0.1) is 24.8 Å². The van der Waals surface area contributed by atoms with Crippen LogP contribution in [-0.4, -0.2) is 27.6 Å². The fraction of sp³-hybridized carbons (Fsp3) is 0.200. The minimum atomic E-state index is -4.17. The van der Waals surface area contributed by atoms with Gasteiger partial charge in [0.15, 0.2) is 4.90 Å². The lowest BCUT2D eigenvalue weighted by molar-refractivity contribution is -0.387. The van der Waals surface area contributed by atoms with Crippen molar-refractivity contribution in [3.8, 4) is 11.5 Å². The van der Waals surface area contributed by atoms with Crippen LogP contribution in [0.3, 0.4) is 0 Å². The molecular weight excluding hydrogens is 336 g/mol. The van der Waals surface area contributed by atoms with E-state index >= 15 is 0 Å². The zero-order valence-corrected chi connectivity index (χ0v) is 14.1. The number of methoxy groups -OCH3 is 2. The molecule has 1 N–H and O–H groups in total. The summed E-state index contributed by atoms with van der Waals surface area (Å²) < 4.78 is 37.8. The van der Waals surface area contributed by atoms with Crippen molar-refractivity contribution >= 4 is 21.4 Å². The maximum atomic E-state index is 12.6. The summed E-state index contributed by atoms with van der Waals surface area (Å²) in [4.78, 5) is 10.0. The lowest BCUT2D eigenvalue weighted by Gasteiger charge is -2.12. The summed E-state index contributed by atoms with van der Waals surface area (Å²) in [6.45, 7) is 1.49. The van der Waals surface area contributed by atoms with E-state index in [9.17, 15) is 18.5 Å². The van der Waals surface area contributed by atoms with Gasteiger partial charge in [-0.2, -0.15) is 0 Å². The van der Waals surface area contributed by atoms with E-state index in [0.29, 0.717) is 11.5 Å². The van der Waals surface area contributed by atoms with Crippen molar-refractivity contribution in [1.82, 2.24) is 0 Å². The van der Waals surface area contributed by atoms with E-state index in [0.717, 1.165) is 6.07 Å². The Kier molecular flexibility index (Phi) is 4.93. The van der Waals surface area contributed by atoms with Crippen molar-refractivity contribution in [3.05, 3.63) is 52.1 Å². The largest absolute Gasteiger partial charge is 0.497 e. The Hall–Kier alpha value is -2.81. The number of nitro groups is 1. The van der Waals surface area contributed by atoms with Crippen LogP contribution < -0.4 is 14.2 Å². The van der Waals surface area contributed by atoms with Crippen LogP contribution in [-0.2, 0) is 10.0 Å². The molecule has 128 valence electrons. The molecule has 0 unspecified atom stereocenters. The number of nitrogens with zero attached hydrogens (tertiary/aromatic N) is 1. The number of hydrogen-bond acceptors (Lipinski definition) is 6. The van der Waals surface area contributed by atoms with Gasteiger partial charge in [0.25, 0.3) is 15.7 Å². The van der Waals surface area contributed by atoms with Crippen LogP contribution in [0.2, 0.25) is 0 Å². The lowest BCUT2D eigenvalue weighted by atomic mass is 10.2.